The molecule has 0 atom stereocenters. The molecule has 0 aliphatic rings. The quantitative estimate of drug-likeness (QED) is 0.570. The number of nitro groups is 1. The van der Waals surface area contributed by atoms with Gasteiger partial charge in [-0.25, -0.2) is 9.37 Å². The standard InChI is InChI=1S/C17H13FN4O4/c1-10-2-3-11(6-14(10)18)20-16(23)8-21-9-19-15-7-12(22(25)26)4-5-13(15)17(21)24/h2-7,9H,8H2,1H3,(H,20,23). The van der Waals surface area contributed by atoms with Gasteiger partial charge in [-0.2, -0.15) is 0 Å². The van der Waals surface area contributed by atoms with Crippen molar-refractivity contribution < 1.29 is 14.1 Å². The minimum Gasteiger partial charge on any atom is -0.324 e. The van der Waals surface area contributed by atoms with E-state index in [-0.39, 0.29) is 28.8 Å². The van der Waals surface area contributed by atoms with Gasteiger partial charge < -0.3 is 5.32 Å². The number of aromatic nitrogens is 2. The van der Waals surface area contributed by atoms with Crippen LogP contribution in [0, 0.1) is 22.9 Å². The Morgan fingerprint density at radius 1 is 1.31 bits per heavy atom. The van der Waals surface area contributed by atoms with Gasteiger partial charge in [0.05, 0.1) is 22.2 Å². The maximum absolute atomic E-state index is 13.5. The minimum atomic E-state index is -0.583. The Hall–Kier alpha value is -3.62. The minimum absolute atomic E-state index is 0.160. The van der Waals surface area contributed by atoms with Crippen LogP contribution in [0.4, 0.5) is 15.8 Å². The molecule has 132 valence electrons. The highest BCUT2D eigenvalue weighted by atomic mass is 19.1. The summed E-state index contributed by atoms with van der Waals surface area (Å²) in [6.45, 7) is 1.28. The molecule has 0 bridgehead atoms. The highest BCUT2D eigenvalue weighted by Gasteiger charge is 2.12. The van der Waals surface area contributed by atoms with E-state index in [1.165, 1.54) is 30.3 Å². The number of fused-ring (bicyclic) bond motifs is 1. The Morgan fingerprint density at radius 2 is 2.08 bits per heavy atom. The normalized spacial score (nSPS) is 10.7. The third-order valence-corrected chi connectivity index (χ3v) is 3.79. The van der Waals surface area contributed by atoms with Crippen LogP contribution in [0.1, 0.15) is 5.56 Å². The molecule has 1 amide bonds. The fourth-order valence-corrected chi connectivity index (χ4v) is 2.40. The summed E-state index contributed by atoms with van der Waals surface area (Å²) >= 11 is 0. The molecule has 1 N–H and O–H groups in total. The third-order valence-electron chi connectivity index (χ3n) is 3.79. The van der Waals surface area contributed by atoms with Crippen LogP contribution >= 0.6 is 0 Å². The number of nitrogens with one attached hydrogen (secondary N) is 1. The zero-order valence-electron chi connectivity index (χ0n) is 13.6. The number of carbonyl (C=O) groups is 1. The van der Waals surface area contributed by atoms with Gasteiger partial charge in [-0.3, -0.25) is 24.3 Å². The molecule has 0 spiro atoms. The molecule has 0 saturated carbocycles. The molecule has 0 aliphatic carbocycles. The summed E-state index contributed by atoms with van der Waals surface area (Å²) in [7, 11) is 0. The molecule has 3 rings (SSSR count). The van der Waals surface area contributed by atoms with Gasteiger partial charge in [-0.15, -0.1) is 0 Å². The Balaban J connectivity index is 1.84. The second-order valence-electron chi connectivity index (χ2n) is 5.65. The number of halogens is 1. The van der Waals surface area contributed by atoms with E-state index in [0.717, 1.165) is 10.9 Å². The van der Waals surface area contributed by atoms with Gasteiger partial charge in [0, 0.05) is 17.8 Å². The summed E-state index contributed by atoms with van der Waals surface area (Å²) < 4.78 is 14.6. The number of carbonyl (C=O) groups excluding carboxylic acids is 1. The van der Waals surface area contributed by atoms with Crippen molar-refractivity contribution in [1.82, 2.24) is 9.55 Å². The summed E-state index contributed by atoms with van der Waals surface area (Å²) in [5.41, 5.74) is 0.209. The van der Waals surface area contributed by atoms with E-state index < -0.39 is 22.2 Å². The largest absolute Gasteiger partial charge is 0.324 e. The zero-order chi connectivity index (χ0) is 18.8. The number of benzene rings is 2. The summed E-state index contributed by atoms with van der Waals surface area (Å²) in [6.07, 6.45) is 1.14. The fraction of sp³-hybridized carbons (Fsp3) is 0.118. The smallest absolute Gasteiger partial charge is 0.271 e. The molecule has 3 aromatic rings. The van der Waals surface area contributed by atoms with Crippen molar-refractivity contribution in [1.29, 1.82) is 0 Å². The molecule has 0 unspecified atom stereocenters. The van der Waals surface area contributed by atoms with Crippen molar-refractivity contribution in [3.63, 3.8) is 0 Å². The van der Waals surface area contributed by atoms with E-state index in [1.807, 2.05) is 0 Å². The predicted octanol–water partition coefficient (Wildman–Crippen LogP) is 2.39. The number of non-ortho nitro benzene ring substituents is 1. The first kappa shape index (κ1) is 17.2. The van der Waals surface area contributed by atoms with Crippen LogP contribution in [0.15, 0.2) is 47.5 Å². The fourth-order valence-electron chi connectivity index (χ4n) is 2.40. The van der Waals surface area contributed by atoms with Crippen LogP contribution < -0.4 is 10.9 Å². The molecular weight excluding hydrogens is 343 g/mol. The van der Waals surface area contributed by atoms with Gasteiger partial charge >= 0.3 is 0 Å². The van der Waals surface area contributed by atoms with Gasteiger partial charge in [-0.1, -0.05) is 6.07 Å². The average Bonchev–Trinajstić information content (AvgIpc) is 2.60. The molecule has 0 radical (unpaired) electrons. The molecule has 26 heavy (non-hydrogen) atoms. The Labute approximate surface area is 146 Å². The van der Waals surface area contributed by atoms with Gasteiger partial charge in [0.1, 0.15) is 12.4 Å². The van der Waals surface area contributed by atoms with E-state index in [4.69, 9.17) is 0 Å². The second-order valence-corrected chi connectivity index (χ2v) is 5.65. The molecule has 1 aromatic heterocycles. The zero-order valence-corrected chi connectivity index (χ0v) is 13.6. The highest BCUT2D eigenvalue weighted by molar-refractivity contribution is 5.90. The van der Waals surface area contributed by atoms with Gasteiger partial charge in [0.2, 0.25) is 5.91 Å². The predicted molar refractivity (Wildman–Crippen MR) is 92.4 cm³/mol. The SMILES string of the molecule is Cc1ccc(NC(=O)Cn2cnc3cc([N+](=O)[O-])ccc3c2=O)cc1F. The monoisotopic (exact) mass is 356 g/mol. The van der Waals surface area contributed by atoms with E-state index in [9.17, 15) is 24.1 Å². The molecule has 9 heteroatoms. The van der Waals surface area contributed by atoms with Gasteiger partial charge in [0.15, 0.2) is 0 Å². The van der Waals surface area contributed by atoms with Crippen molar-refractivity contribution in [3.8, 4) is 0 Å². The topological polar surface area (TPSA) is 107 Å². The molecule has 0 fully saturated rings. The maximum atomic E-state index is 13.5. The Kier molecular flexibility index (Phi) is 4.44. The number of aryl methyl sites for hydroxylation is 1. The van der Waals surface area contributed by atoms with Gasteiger partial charge in [-0.05, 0) is 30.7 Å². The van der Waals surface area contributed by atoms with Crippen molar-refractivity contribution in [2.24, 2.45) is 0 Å². The number of rotatable bonds is 4. The molecule has 8 nitrogen and oxygen atoms in total. The van der Waals surface area contributed by atoms with Crippen LogP contribution in [0.2, 0.25) is 0 Å². The lowest BCUT2D eigenvalue weighted by Gasteiger charge is -2.08. The first-order valence-electron chi connectivity index (χ1n) is 7.55. The number of hydrogen-bond donors (Lipinski definition) is 1. The van der Waals surface area contributed by atoms with E-state index in [0.29, 0.717) is 5.56 Å². The number of nitrogens with zero attached hydrogens (tertiary/aromatic N) is 3. The Morgan fingerprint density at radius 3 is 2.77 bits per heavy atom. The van der Waals surface area contributed by atoms with Gasteiger partial charge in [0.25, 0.3) is 11.2 Å². The van der Waals surface area contributed by atoms with Crippen LogP contribution in [0.3, 0.4) is 0 Å². The molecule has 1 heterocycles. The average molecular weight is 356 g/mol. The van der Waals surface area contributed by atoms with Crippen LogP contribution in [0.25, 0.3) is 10.9 Å². The summed E-state index contributed by atoms with van der Waals surface area (Å²) in [6, 6.07) is 7.96. The number of nitro benzene ring substituents is 1. The third kappa shape index (κ3) is 3.41. The van der Waals surface area contributed by atoms with E-state index >= 15 is 0 Å². The molecular formula is C17H13FN4O4. The molecule has 2 aromatic carbocycles. The van der Waals surface area contributed by atoms with Crippen LogP contribution in [-0.4, -0.2) is 20.4 Å². The lowest BCUT2D eigenvalue weighted by Crippen LogP contribution is -2.28. The summed E-state index contributed by atoms with van der Waals surface area (Å²) in [5.74, 6) is -0.979. The Bertz CT molecular complexity index is 1090. The van der Waals surface area contributed by atoms with Crippen molar-refractivity contribution in [2.75, 3.05) is 5.32 Å². The first-order valence-corrected chi connectivity index (χ1v) is 7.55. The lowest BCUT2D eigenvalue weighted by atomic mass is 10.2. The molecule has 0 saturated heterocycles. The molecule has 0 aliphatic heterocycles. The van der Waals surface area contributed by atoms with Crippen LogP contribution in [-0.2, 0) is 11.3 Å². The van der Waals surface area contributed by atoms with Crippen molar-refractivity contribution >= 4 is 28.2 Å². The number of anilines is 1. The lowest BCUT2D eigenvalue weighted by molar-refractivity contribution is -0.384. The maximum Gasteiger partial charge on any atom is 0.271 e. The number of amides is 1. The number of hydrogen-bond acceptors (Lipinski definition) is 5. The van der Waals surface area contributed by atoms with E-state index in [1.54, 1.807) is 13.0 Å². The van der Waals surface area contributed by atoms with Crippen molar-refractivity contribution in [2.45, 2.75) is 13.5 Å². The first-order chi connectivity index (χ1) is 12.3. The van der Waals surface area contributed by atoms with Crippen LogP contribution in [0.5, 0.6) is 0 Å². The summed E-state index contributed by atoms with van der Waals surface area (Å²) in [5, 5.41) is 13.4. The summed E-state index contributed by atoms with van der Waals surface area (Å²) in [4.78, 5) is 38.7. The second kappa shape index (κ2) is 6.71. The van der Waals surface area contributed by atoms with Crippen molar-refractivity contribution in [3.05, 3.63) is 74.6 Å². The van der Waals surface area contributed by atoms with E-state index in [2.05, 4.69) is 10.3 Å². The highest BCUT2D eigenvalue weighted by Crippen LogP contribution is 2.16.